The fraction of sp³-hybridized carbons (Fsp3) is 0.444. The van der Waals surface area contributed by atoms with E-state index in [0.29, 0.717) is 5.92 Å². The summed E-state index contributed by atoms with van der Waals surface area (Å²) < 4.78 is 1.94. The molecular formula is C18H28IN5. The molecule has 2 aromatic rings. The van der Waals surface area contributed by atoms with Gasteiger partial charge in [-0.25, -0.2) is 0 Å². The van der Waals surface area contributed by atoms with Crippen LogP contribution in [0.15, 0.2) is 47.7 Å². The molecule has 1 heterocycles. The van der Waals surface area contributed by atoms with Crippen LogP contribution < -0.4 is 10.6 Å². The molecule has 0 fully saturated rings. The van der Waals surface area contributed by atoms with E-state index in [1.54, 1.807) is 13.2 Å². The number of rotatable bonds is 7. The van der Waals surface area contributed by atoms with Gasteiger partial charge in [-0.1, -0.05) is 38.1 Å². The second kappa shape index (κ2) is 11.1. The van der Waals surface area contributed by atoms with Gasteiger partial charge in [0.2, 0.25) is 0 Å². The number of aliphatic imine (C=N–C) groups is 1. The van der Waals surface area contributed by atoms with Crippen LogP contribution in [-0.4, -0.2) is 29.3 Å². The molecule has 0 aliphatic heterocycles. The predicted octanol–water partition coefficient (Wildman–Crippen LogP) is 3.26. The van der Waals surface area contributed by atoms with Crippen LogP contribution >= 0.6 is 24.0 Å². The standard InChI is InChI=1S/C18H27N5.HI/c1-15(2)9-11-20-18(19-3)21-13-16-7-4-5-8-17(16)14-23-12-6-10-22-23;/h4-8,10,12,15H,9,11,13-14H2,1-3H3,(H2,19,20,21);1H. The minimum atomic E-state index is 0. The molecule has 24 heavy (non-hydrogen) atoms. The van der Waals surface area contributed by atoms with Crippen molar-refractivity contribution < 1.29 is 0 Å². The average Bonchev–Trinajstić information content (AvgIpc) is 3.04. The van der Waals surface area contributed by atoms with E-state index < -0.39 is 0 Å². The van der Waals surface area contributed by atoms with E-state index in [2.05, 4.69) is 58.8 Å². The van der Waals surface area contributed by atoms with Gasteiger partial charge in [-0.2, -0.15) is 5.10 Å². The third-order valence-corrected chi connectivity index (χ3v) is 3.69. The van der Waals surface area contributed by atoms with Gasteiger partial charge in [0.15, 0.2) is 5.96 Å². The summed E-state index contributed by atoms with van der Waals surface area (Å²) in [5, 5.41) is 11.0. The molecule has 0 amide bonds. The van der Waals surface area contributed by atoms with Crippen LogP contribution in [0.5, 0.6) is 0 Å². The molecule has 0 spiro atoms. The Morgan fingerprint density at radius 3 is 2.54 bits per heavy atom. The van der Waals surface area contributed by atoms with Gasteiger partial charge in [0, 0.05) is 32.5 Å². The van der Waals surface area contributed by atoms with Crippen LogP contribution in [0, 0.1) is 5.92 Å². The van der Waals surface area contributed by atoms with Crippen molar-refractivity contribution in [2.75, 3.05) is 13.6 Å². The summed E-state index contributed by atoms with van der Waals surface area (Å²) in [6.07, 6.45) is 4.93. The summed E-state index contributed by atoms with van der Waals surface area (Å²) in [6.45, 7) is 6.92. The van der Waals surface area contributed by atoms with Crippen molar-refractivity contribution in [3.05, 3.63) is 53.9 Å². The number of hydrogen-bond acceptors (Lipinski definition) is 2. The lowest BCUT2D eigenvalue weighted by Crippen LogP contribution is -2.37. The predicted molar refractivity (Wildman–Crippen MR) is 111 cm³/mol. The smallest absolute Gasteiger partial charge is 0.191 e. The highest BCUT2D eigenvalue weighted by atomic mass is 127. The Morgan fingerprint density at radius 2 is 1.92 bits per heavy atom. The zero-order valence-corrected chi connectivity index (χ0v) is 17.0. The minimum absolute atomic E-state index is 0. The van der Waals surface area contributed by atoms with Crippen LogP contribution in [0.2, 0.25) is 0 Å². The normalized spacial score (nSPS) is 11.2. The van der Waals surface area contributed by atoms with Crippen molar-refractivity contribution in [2.24, 2.45) is 10.9 Å². The van der Waals surface area contributed by atoms with Gasteiger partial charge in [-0.3, -0.25) is 9.67 Å². The molecule has 5 nitrogen and oxygen atoms in total. The molecule has 132 valence electrons. The molecular weight excluding hydrogens is 413 g/mol. The molecule has 0 atom stereocenters. The van der Waals surface area contributed by atoms with Crippen LogP contribution in [0.25, 0.3) is 0 Å². The van der Waals surface area contributed by atoms with E-state index in [4.69, 9.17) is 0 Å². The van der Waals surface area contributed by atoms with Gasteiger partial charge in [0.25, 0.3) is 0 Å². The summed E-state index contributed by atoms with van der Waals surface area (Å²) in [7, 11) is 1.81. The van der Waals surface area contributed by atoms with E-state index in [-0.39, 0.29) is 24.0 Å². The Kier molecular flexibility index (Phi) is 9.44. The number of hydrogen-bond donors (Lipinski definition) is 2. The molecule has 0 radical (unpaired) electrons. The van der Waals surface area contributed by atoms with Gasteiger partial charge >= 0.3 is 0 Å². The molecule has 0 saturated heterocycles. The lowest BCUT2D eigenvalue weighted by molar-refractivity contribution is 0.573. The maximum Gasteiger partial charge on any atom is 0.191 e. The lowest BCUT2D eigenvalue weighted by atomic mass is 10.1. The zero-order chi connectivity index (χ0) is 16.5. The molecule has 2 N–H and O–H groups in total. The Bertz CT molecular complexity index is 608. The first kappa shape index (κ1) is 20.5. The third kappa shape index (κ3) is 6.90. The molecule has 0 bridgehead atoms. The fourth-order valence-electron chi connectivity index (χ4n) is 2.33. The maximum absolute atomic E-state index is 4.28. The van der Waals surface area contributed by atoms with E-state index >= 15 is 0 Å². The second-order valence-corrected chi connectivity index (χ2v) is 6.01. The van der Waals surface area contributed by atoms with Crippen molar-refractivity contribution in [1.29, 1.82) is 0 Å². The van der Waals surface area contributed by atoms with E-state index in [1.807, 2.05) is 16.9 Å². The van der Waals surface area contributed by atoms with Crippen LogP contribution in [0.1, 0.15) is 31.4 Å². The SMILES string of the molecule is CN=C(NCCC(C)C)NCc1ccccc1Cn1cccn1.I. The van der Waals surface area contributed by atoms with Crippen molar-refractivity contribution in [2.45, 2.75) is 33.4 Å². The van der Waals surface area contributed by atoms with Crippen LogP contribution in [0.4, 0.5) is 0 Å². The Balaban J connectivity index is 0.00000288. The Morgan fingerprint density at radius 1 is 1.17 bits per heavy atom. The number of benzene rings is 1. The molecule has 0 aliphatic carbocycles. The fourth-order valence-corrected chi connectivity index (χ4v) is 2.33. The first-order valence-corrected chi connectivity index (χ1v) is 8.17. The lowest BCUT2D eigenvalue weighted by Gasteiger charge is -2.15. The summed E-state index contributed by atoms with van der Waals surface area (Å²) in [6, 6.07) is 10.4. The summed E-state index contributed by atoms with van der Waals surface area (Å²) >= 11 is 0. The minimum Gasteiger partial charge on any atom is -0.356 e. The number of aromatic nitrogens is 2. The first-order valence-electron chi connectivity index (χ1n) is 8.17. The highest BCUT2D eigenvalue weighted by Crippen LogP contribution is 2.10. The van der Waals surface area contributed by atoms with Gasteiger partial charge < -0.3 is 10.6 Å². The van der Waals surface area contributed by atoms with Gasteiger partial charge in [-0.15, -0.1) is 24.0 Å². The van der Waals surface area contributed by atoms with Crippen molar-refractivity contribution in [3.63, 3.8) is 0 Å². The van der Waals surface area contributed by atoms with Gasteiger partial charge in [0.05, 0.1) is 6.54 Å². The third-order valence-electron chi connectivity index (χ3n) is 3.69. The van der Waals surface area contributed by atoms with Crippen molar-refractivity contribution in [1.82, 2.24) is 20.4 Å². The number of guanidine groups is 1. The van der Waals surface area contributed by atoms with Crippen LogP contribution in [0.3, 0.4) is 0 Å². The van der Waals surface area contributed by atoms with Crippen LogP contribution in [-0.2, 0) is 13.1 Å². The number of nitrogens with zero attached hydrogens (tertiary/aromatic N) is 3. The quantitative estimate of drug-likeness (QED) is 0.394. The summed E-state index contributed by atoms with van der Waals surface area (Å²) in [5.41, 5.74) is 2.52. The molecule has 6 heteroatoms. The summed E-state index contributed by atoms with van der Waals surface area (Å²) in [4.78, 5) is 4.28. The highest BCUT2D eigenvalue weighted by molar-refractivity contribution is 14.0. The van der Waals surface area contributed by atoms with E-state index in [9.17, 15) is 0 Å². The highest BCUT2D eigenvalue weighted by Gasteiger charge is 2.04. The molecule has 1 aromatic carbocycles. The molecule has 0 saturated carbocycles. The Labute approximate surface area is 162 Å². The zero-order valence-electron chi connectivity index (χ0n) is 14.7. The molecule has 0 aliphatic rings. The molecule has 0 unspecified atom stereocenters. The topological polar surface area (TPSA) is 54.2 Å². The monoisotopic (exact) mass is 441 g/mol. The molecule has 2 rings (SSSR count). The Hall–Kier alpha value is -1.57. The van der Waals surface area contributed by atoms with Gasteiger partial charge in [-0.05, 0) is 29.5 Å². The summed E-state index contributed by atoms with van der Waals surface area (Å²) in [5.74, 6) is 1.54. The van der Waals surface area contributed by atoms with Gasteiger partial charge in [0.1, 0.15) is 0 Å². The maximum atomic E-state index is 4.28. The number of nitrogens with one attached hydrogen (secondary N) is 2. The average molecular weight is 441 g/mol. The second-order valence-electron chi connectivity index (χ2n) is 6.01. The number of halogens is 1. The van der Waals surface area contributed by atoms with Crippen molar-refractivity contribution >= 4 is 29.9 Å². The first-order chi connectivity index (χ1) is 11.2. The van der Waals surface area contributed by atoms with E-state index in [0.717, 1.165) is 32.0 Å². The van der Waals surface area contributed by atoms with E-state index in [1.165, 1.54) is 11.1 Å². The van der Waals surface area contributed by atoms with Crippen molar-refractivity contribution in [3.8, 4) is 0 Å². The largest absolute Gasteiger partial charge is 0.356 e. The molecule has 1 aromatic heterocycles.